The van der Waals surface area contributed by atoms with Crippen LogP contribution < -0.4 is 20.5 Å². The average molecular weight is 331 g/mol. The zero-order chi connectivity index (χ0) is 17.4. The molecule has 0 aliphatic rings. The number of guanidine groups is 1. The Bertz CT molecular complexity index is 681. The SMILES string of the molecule is COc1ccc(NC(N)=NCCCCn2ccnc2C)cc1OC. The van der Waals surface area contributed by atoms with Gasteiger partial charge >= 0.3 is 0 Å². The Balaban J connectivity index is 1.78. The molecule has 0 saturated heterocycles. The molecule has 0 fully saturated rings. The number of hydrogen-bond donors (Lipinski definition) is 2. The standard InChI is InChI=1S/C17H25N5O2/c1-13-19-9-11-22(13)10-5-4-8-20-17(18)21-14-6-7-15(23-2)16(12-14)24-3/h6-7,9,11-12H,4-5,8,10H2,1-3H3,(H3,18,20,21). The minimum atomic E-state index is 0.390. The third-order valence-electron chi connectivity index (χ3n) is 3.67. The van der Waals surface area contributed by atoms with Crippen molar-refractivity contribution in [2.24, 2.45) is 10.7 Å². The minimum absolute atomic E-state index is 0.390. The highest BCUT2D eigenvalue weighted by molar-refractivity contribution is 5.92. The van der Waals surface area contributed by atoms with Gasteiger partial charge < -0.3 is 25.1 Å². The Morgan fingerprint density at radius 1 is 1.25 bits per heavy atom. The first kappa shape index (κ1) is 17.7. The number of benzene rings is 1. The number of aryl methyl sites for hydroxylation is 2. The Morgan fingerprint density at radius 2 is 2.04 bits per heavy atom. The smallest absolute Gasteiger partial charge is 0.193 e. The second kappa shape index (κ2) is 8.81. The second-order valence-corrected chi connectivity index (χ2v) is 5.34. The Morgan fingerprint density at radius 3 is 2.71 bits per heavy atom. The van der Waals surface area contributed by atoms with Gasteiger partial charge in [0.1, 0.15) is 5.82 Å². The number of methoxy groups -OCH3 is 2. The molecule has 0 amide bonds. The van der Waals surface area contributed by atoms with Crippen LogP contribution >= 0.6 is 0 Å². The summed E-state index contributed by atoms with van der Waals surface area (Å²) in [5, 5.41) is 3.06. The van der Waals surface area contributed by atoms with E-state index < -0.39 is 0 Å². The third kappa shape index (κ3) is 4.91. The van der Waals surface area contributed by atoms with E-state index in [-0.39, 0.29) is 0 Å². The molecular weight excluding hydrogens is 306 g/mol. The molecule has 1 aromatic heterocycles. The van der Waals surface area contributed by atoms with Gasteiger partial charge in [-0.15, -0.1) is 0 Å². The summed E-state index contributed by atoms with van der Waals surface area (Å²) >= 11 is 0. The van der Waals surface area contributed by atoms with Crippen molar-refractivity contribution in [1.29, 1.82) is 0 Å². The van der Waals surface area contributed by atoms with Gasteiger partial charge in [0.2, 0.25) is 0 Å². The molecule has 2 aromatic rings. The number of imidazole rings is 1. The normalized spacial score (nSPS) is 11.4. The summed E-state index contributed by atoms with van der Waals surface area (Å²) in [5.74, 6) is 2.74. The van der Waals surface area contributed by atoms with E-state index in [9.17, 15) is 0 Å². The summed E-state index contributed by atoms with van der Waals surface area (Å²) in [6.45, 7) is 3.63. The summed E-state index contributed by atoms with van der Waals surface area (Å²) < 4.78 is 12.6. The predicted molar refractivity (Wildman–Crippen MR) is 95.9 cm³/mol. The van der Waals surface area contributed by atoms with Crippen LogP contribution in [-0.2, 0) is 6.54 Å². The number of rotatable bonds is 8. The Hall–Kier alpha value is -2.70. The highest BCUT2D eigenvalue weighted by atomic mass is 16.5. The maximum Gasteiger partial charge on any atom is 0.193 e. The summed E-state index contributed by atoms with van der Waals surface area (Å²) in [5.41, 5.74) is 6.73. The van der Waals surface area contributed by atoms with Crippen molar-refractivity contribution in [1.82, 2.24) is 9.55 Å². The zero-order valence-electron chi connectivity index (χ0n) is 14.5. The van der Waals surface area contributed by atoms with Gasteiger partial charge in [-0.25, -0.2) is 4.98 Å². The van der Waals surface area contributed by atoms with Crippen molar-refractivity contribution in [3.8, 4) is 11.5 Å². The van der Waals surface area contributed by atoms with Crippen LogP contribution in [-0.4, -0.2) is 36.3 Å². The van der Waals surface area contributed by atoms with Crippen molar-refractivity contribution in [3.63, 3.8) is 0 Å². The molecule has 3 N–H and O–H groups in total. The first-order valence-electron chi connectivity index (χ1n) is 7.90. The number of hydrogen-bond acceptors (Lipinski definition) is 4. The molecule has 24 heavy (non-hydrogen) atoms. The van der Waals surface area contributed by atoms with Gasteiger partial charge in [0.05, 0.1) is 14.2 Å². The number of anilines is 1. The fourth-order valence-electron chi connectivity index (χ4n) is 2.33. The van der Waals surface area contributed by atoms with Crippen molar-refractivity contribution in [3.05, 3.63) is 36.4 Å². The van der Waals surface area contributed by atoms with Gasteiger partial charge in [-0.1, -0.05) is 0 Å². The van der Waals surface area contributed by atoms with E-state index in [4.69, 9.17) is 15.2 Å². The van der Waals surface area contributed by atoms with Crippen LogP contribution in [0.5, 0.6) is 11.5 Å². The number of aromatic nitrogens is 2. The molecule has 1 aromatic carbocycles. The average Bonchev–Trinajstić information content (AvgIpc) is 2.99. The van der Waals surface area contributed by atoms with E-state index in [1.165, 1.54) is 0 Å². The maximum absolute atomic E-state index is 5.92. The molecule has 0 unspecified atom stereocenters. The number of unbranched alkanes of at least 4 members (excludes halogenated alkanes) is 1. The van der Waals surface area contributed by atoms with Gasteiger partial charge in [-0.2, -0.15) is 0 Å². The molecule has 0 saturated carbocycles. The largest absolute Gasteiger partial charge is 0.493 e. The lowest BCUT2D eigenvalue weighted by Gasteiger charge is -2.11. The number of nitrogens with two attached hydrogens (primary N) is 1. The molecule has 2 rings (SSSR count). The van der Waals surface area contributed by atoms with E-state index in [1.807, 2.05) is 37.5 Å². The summed E-state index contributed by atoms with van der Waals surface area (Å²) in [6.07, 6.45) is 5.81. The van der Waals surface area contributed by atoms with Crippen LogP contribution in [0.3, 0.4) is 0 Å². The van der Waals surface area contributed by atoms with Gasteiger partial charge in [-0.05, 0) is 31.9 Å². The first-order valence-corrected chi connectivity index (χ1v) is 7.90. The van der Waals surface area contributed by atoms with Crippen LogP contribution in [0.2, 0.25) is 0 Å². The molecule has 7 nitrogen and oxygen atoms in total. The number of nitrogens with zero attached hydrogens (tertiary/aromatic N) is 3. The predicted octanol–water partition coefficient (Wildman–Crippen LogP) is 2.42. The topological polar surface area (TPSA) is 86.7 Å². The maximum atomic E-state index is 5.92. The summed E-state index contributed by atoms with van der Waals surface area (Å²) in [6, 6.07) is 5.51. The molecule has 0 aliphatic heterocycles. The summed E-state index contributed by atoms with van der Waals surface area (Å²) in [7, 11) is 3.20. The van der Waals surface area contributed by atoms with Gasteiger partial charge in [-0.3, -0.25) is 4.99 Å². The molecule has 130 valence electrons. The number of ether oxygens (including phenoxy) is 2. The number of aliphatic imine (C=N–C) groups is 1. The molecule has 0 aliphatic carbocycles. The van der Waals surface area contributed by atoms with Gasteiger partial charge in [0.25, 0.3) is 0 Å². The lowest BCUT2D eigenvalue weighted by molar-refractivity contribution is 0.355. The van der Waals surface area contributed by atoms with Gasteiger partial charge in [0, 0.05) is 37.2 Å². The lowest BCUT2D eigenvalue weighted by Crippen LogP contribution is -2.22. The van der Waals surface area contributed by atoms with Crippen LogP contribution in [0.4, 0.5) is 5.69 Å². The molecule has 7 heteroatoms. The third-order valence-corrected chi connectivity index (χ3v) is 3.67. The van der Waals surface area contributed by atoms with Crippen LogP contribution in [0.25, 0.3) is 0 Å². The lowest BCUT2D eigenvalue weighted by atomic mass is 10.3. The molecular formula is C17H25N5O2. The van der Waals surface area contributed by atoms with Crippen molar-refractivity contribution in [2.75, 3.05) is 26.1 Å². The highest BCUT2D eigenvalue weighted by Crippen LogP contribution is 2.29. The molecule has 1 heterocycles. The fraction of sp³-hybridized carbons (Fsp3) is 0.412. The van der Waals surface area contributed by atoms with Gasteiger partial charge in [0.15, 0.2) is 17.5 Å². The van der Waals surface area contributed by atoms with E-state index in [0.717, 1.165) is 30.9 Å². The van der Waals surface area contributed by atoms with Crippen LogP contribution in [0.15, 0.2) is 35.6 Å². The van der Waals surface area contributed by atoms with Crippen molar-refractivity contribution in [2.45, 2.75) is 26.3 Å². The molecule has 0 spiro atoms. The molecule has 0 atom stereocenters. The Kier molecular flexibility index (Phi) is 6.48. The quantitative estimate of drug-likeness (QED) is 0.441. The fourth-order valence-corrected chi connectivity index (χ4v) is 2.33. The van der Waals surface area contributed by atoms with E-state index >= 15 is 0 Å². The van der Waals surface area contributed by atoms with Crippen molar-refractivity contribution >= 4 is 11.6 Å². The van der Waals surface area contributed by atoms with E-state index in [0.29, 0.717) is 24.0 Å². The highest BCUT2D eigenvalue weighted by Gasteiger charge is 2.05. The zero-order valence-corrected chi connectivity index (χ0v) is 14.5. The summed E-state index contributed by atoms with van der Waals surface area (Å²) in [4.78, 5) is 8.55. The first-order chi connectivity index (χ1) is 11.6. The number of nitrogens with one attached hydrogen (secondary N) is 1. The monoisotopic (exact) mass is 331 g/mol. The second-order valence-electron chi connectivity index (χ2n) is 5.34. The van der Waals surface area contributed by atoms with Crippen LogP contribution in [0, 0.1) is 6.92 Å². The minimum Gasteiger partial charge on any atom is -0.493 e. The van der Waals surface area contributed by atoms with Crippen LogP contribution in [0.1, 0.15) is 18.7 Å². The molecule has 0 radical (unpaired) electrons. The molecule has 0 bridgehead atoms. The van der Waals surface area contributed by atoms with Crippen molar-refractivity contribution < 1.29 is 9.47 Å². The Labute approximate surface area is 142 Å². The van der Waals surface area contributed by atoms with E-state index in [2.05, 4.69) is 19.9 Å². The van der Waals surface area contributed by atoms with E-state index in [1.54, 1.807) is 14.2 Å².